The summed E-state index contributed by atoms with van der Waals surface area (Å²) in [5, 5.41) is 0. The summed E-state index contributed by atoms with van der Waals surface area (Å²) in [6, 6.07) is 3.11. The highest BCUT2D eigenvalue weighted by molar-refractivity contribution is 5.69. The fourth-order valence-corrected chi connectivity index (χ4v) is 1.10. The second kappa shape index (κ2) is 3.44. The fraction of sp³-hybridized carbons (Fsp3) is 0.300. The smallest absolute Gasteiger partial charge is 0.151 e. The average molecular weight is 199 g/mol. The van der Waals surface area contributed by atoms with E-state index in [4.69, 9.17) is 0 Å². The molecule has 1 saturated carbocycles. The molecule has 0 heterocycles. The molecule has 4 heteroatoms. The van der Waals surface area contributed by atoms with E-state index in [1.54, 1.807) is 0 Å². The van der Waals surface area contributed by atoms with Gasteiger partial charge in [-0.25, -0.2) is 13.2 Å². The van der Waals surface area contributed by atoms with Gasteiger partial charge in [-0.15, -0.1) is 0 Å². The summed E-state index contributed by atoms with van der Waals surface area (Å²) >= 11 is 0. The second-order valence-electron chi connectivity index (χ2n) is 3.29. The molecule has 74 valence electrons. The van der Waals surface area contributed by atoms with Crippen LogP contribution in [0.25, 0.3) is 0 Å². The predicted molar refractivity (Wildman–Crippen MR) is 47.5 cm³/mol. The third-order valence-corrected chi connectivity index (χ3v) is 2.07. The minimum atomic E-state index is -0.845. The van der Waals surface area contributed by atoms with E-state index in [-0.39, 0.29) is 11.6 Å². The molecule has 0 saturated heterocycles. The van der Waals surface area contributed by atoms with Gasteiger partial charge in [0.2, 0.25) is 0 Å². The monoisotopic (exact) mass is 199 g/mol. The molecule has 0 aromatic heterocycles. The standard InChI is InChI=1S/C10H8F3N/c11-7-1-2-10(9(13)4-7)14-5-6-3-8(6)12/h1-2,4-6,8H,3H2/b14-5+. The lowest BCUT2D eigenvalue weighted by Gasteiger charge is -1.95. The van der Waals surface area contributed by atoms with Crippen LogP contribution in [0, 0.1) is 17.6 Å². The average Bonchev–Trinajstić information content (AvgIpc) is 2.80. The van der Waals surface area contributed by atoms with Crippen molar-refractivity contribution in [2.24, 2.45) is 10.9 Å². The van der Waals surface area contributed by atoms with Gasteiger partial charge in [0.25, 0.3) is 0 Å². The van der Waals surface area contributed by atoms with E-state index < -0.39 is 17.8 Å². The van der Waals surface area contributed by atoms with E-state index in [1.807, 2.05) is 0 Å². The Morgan fingerprint density at radius 3 is 2.64 bits per heavy atom. The Morgan fingerprint density at radius 2 is 2.07 bits per heavy atom. The third-order valence-electron chi connectivity index (χ3n) is 2.07. The van der Waals surface area contributed by atoms with Crippen molar-refractivity contribution in [3.8, 4) is 0 Å². The third kappa shape index (κ3) is 1.95. The lowest BCUT2D eigenvalue weighted by atomic mass is 10.3. The Bertz CT molecular complexity index is 376. The Hall–Kier alpha value is -1.32. The highest BCUT2D eigenvalue weighted by Crippen LogP contribution is 2.32. The van der Waals surface area contributed by atoms with Gasteiger partial charge in [-0.2, -0.15) is 0 Å². The molecule has 2 unspecified atom stereocenters. The maximum atomic E-state index is 13.0. The van der Waals surface area contributed by atoms with Crippen molar-refractivity contribution in [3.63, 3.8) is 0 Å². The predicted octanol–water partition coefficient (Wildman–Crippen LogP) is 3.03. The van der Waals surface area contributed by atoms with E-state index in [1.165, 1.54) is 12.3 Å². The molecule has 0 aliphatic heterocycles. The van der Waals surface area contributed by atoms with Gasteiger partial charge in [-0.3, -0.25) is 4.99 Å². The summed E-state index contributed by atoms with van der Waals surface area (Å²) in [6.07, 6.45) is 0.982. The summed E-state index contributed by atoms with van der Waals surface area (Å²) in [5.41, 5.74) is 0.0468. The fourth-order valence-electron chi connectivity index (χ4n) is 1.10. The van der Waals surface area contributed by atoms with Crippen LogP contribution >= 0.6 is 0 Å². The summed E-state index contributed by atoms with van der Waals surface area (Å²) in [7, 11) is 0. The molecule has 0 radical (unpaired) electrons. The molecule has 1 aromatic carbocycles. The molecule has 0 bridgehead atoms. The minimum absolute atomic E-state index is 0.0468. The molecular weight excluding hydrogens is 191 g/mol. The zero-order valence-corrected chi connectivity index (χ0v) is 7.25. The van der Waals surface area contributed by atoms with Crippen molar-refractivity contribution < 1.29 is 13.2 Å². The van der Waals surface area contributed by atoms with Crippen molar-refractivity contribution in [1.29, 1.82) is 0 Å². The number of halogens is 3. The SMILES string of the molecule is Fc1ccc(/N=C/C2CC2F)c(F)c1. The first-order chi connectivity index (χ1) is 6.66. The van der Waals surface area contributed by atoms with Crippen molar-refractivity contribution in [1.82, 2.24) is 0 Å². The Labute approximate surface area is 79.3 Å². The van der Waals surface area contributed by atoms with E-state index in [0.717, 1.165) is 12.1 Å². The van der Waals surface area contributed by atoms with E-state index in [0.29, 0.717) is 6.42 Å². The van der Waals surface area contributed by atoms with Crippen LogP contribution in [-0.2, 0) is 0 Å². The zero-order chi connectivity index (χ0) is 10.1. The minimum Gasteiger partial charge on any atom is -0.258 e. The first-order valence-electron chi connectivity index (χ1n) is 4.30. The molecule has 1 aromatic rings. The molecule has 0 amide bonds. The molecule has 0 N–H and O–H groups in total. The van der Waals surface area contributed by atoms with Crippen molar-refractivity contribution in [3.05, 3.63) is 29.8 Å². The van der Waals surface area contributed by atoms with E-state index >= 15 is 0 Å². The van der Waals surface area contributed by atoms with E-state index in [9.17, 15) is 13.2 Å². The maximum Gasteiger partial charge on any atom is 0.151 e. The molecule has 0 spiro atoms. The molecule has 1 nitrogen and oxygen atoms in total. The largest absolute Gasteiger partial charge is 0.258 e. The molecule has 1 aliphatic carbocycles. The number of hydrogen-bond acceptors (Lipinski definition) is 1. The van der Waals surface area contributed by atoms with Gasteiger partial charge in [0.05, 0.1) is 5.69 Å². The van der Waals surface area contributed by atoms with Crippen LogP contribution < -0.4 is 0 Å². The maximum absolute atomic E-state index is 13.0. The zero-order valence-electron chi connectivity index (χ0n) is 7.25. The summed E-state index contributed by atoms with van der Waals surface area (Å²) in [5.74, 6) is -1.56. The summed E-state index contributed by atoms with van der Waals surface area (Å²) in [6.45, 7) is 0. The Kier molecular flexibility index (Phi) is 2.27. The van der Waals surface area contributed by atoms with Crippen molar-refractivity contribution in [2.75, 3.05) is 0 Å². The molecular formula is C10H8F3N. The van der Waals surface area contributed by atoms with Gasteiger partial charge >= 0.3 is 0 Å². The van der Waals surface area contributed by atoms with E-state index in [2.05, 4.69) is 4.99 Å². The summed E-state index contributed by atoms with van der Waals surface area (Å²) in [4.78, 5) is 3.75. The number of benzene rings is 1. The van der Waals surface area contributed by atoms with Crippen LogP contribution in [0.1, 0.15) is 6.42 Å². The Balaban J connectivity index is 2.12. The van der Waals surface area contributed by atoms with Crippen LogP contribution in [0.3, 0.4) is 0 Å². The number of alkyl halides is 1. The normalized spacial score (nSPS) is 25.6. The molecule has 1 fully saturated rings. The van der Waals surface area contributed by atoms with Crippen molar-refractivity contribution >= 4 is 11.9 Å². The first-order valence-corrected chi connectivity index (χ1v) is 4.30. The molecule has 1 aliphatic rings. The molecule has 14 heavy (non-hydrogen) atoms. The van der Waals surface area contributed by atoms with Gasteiger partial charge in [-0.1, -0.05) is 0 Å². The highest BCUT2D eigenvalue weighted by atomic mass is 19.1. The topological polar surface area (TPSA) is 12.4 Å². The number of rotatable bonds is 2. The lowest BCUT2D eigenvalue weighted by molar-refractivity contribution is 0.469. The Morgan fingerprint density at radius 1 is 1.36 bits per heavy atom. The van der Waals surface area contributed by atoms with Gasteiger partial charge in [-0.05, 0) is 18.6 Å². The first kappa shape index (κ1) is 9.24. The molecule has 2 rings (SSSR count). The van der Waals surface area contributed by atoms with Gasteiger partial charge in [0.15, 0.2) is 5.82 Å². The van der Waals surface area contributed by atoms with Crippen LogP contribution in [0.15, 0.2) is 23.2 Å². The summed E-state index contributed by atoms with van der Waals surface area (Å²) < 4.78 is 37.8. The van der Waals surface area contributed by atoms with Gasteiger partial charge in [0.1, 0.15) is 12.0 Å². The van der Waals surface area contributed by atoms with Crippen molar-refractivity contribution in [2.45, 2.75) is 12.6 Å². The molecule has 2 atom stereocenters. The quantitative estimate of drug-likeness (QED) is 0.649. The number of nitrogens with zero attached hydrogens (tertiary/aromatic N) is 1. The van der Waals surface area contributed by atoms with Gasteiger partial charge < -0.3 is 0 Å². The van der Waals surface area contributed by atoms with Crippen LogP contribution in [0.4, 0.5) is 18.9 Å². The number of hydrogen-bond donors (Lipinski definition) is 0. The van der Waals surface area contributed by atoms with Crippen LogP contribution in [-0.4, -0.2) is 12.4 Å². The van der Waals surface area contributed by atoms with Crippen LogP contribution in [0.2, 0.25) is 0 Å². The number of aliphatic imine (C=N–C) groups is 1. The lowest BCUT2D eigenvalue weighted by Crippen LogP contribution is -1.83. The van der Waals surface area contributed by atoms with Gasteiger partial charge in [0, 0.05) is 18.2 Å². The second-order valence-corrected chi connectivity index (χ2v) is 3.29. The highest BCUT2D eigenvalue weighted by Gasteiger charge is 2.35. The van der Waals surface area contributed by atoms with Crippen LogP contribution in [0.5, 0.6) is 0 Å².